The Kier molecular flexibility index (Phi) is 3.40. The molecule has 1 fully saturated rings. The van der Waals surface area contributed by atoms with Gasteiger partial charge in [0.15, 0.2) is 5.65 Å². The Morgan fingerprint density at radius 1 is 1.30 bits per heavy atom. The lowest BCUT2D eigenvalue weighted by molar-refractivity contribution is 0.337. The lowest BCUT2D eigenvalue weighted by atomic mass is 9.87. The Morgan fingerprint density at radius 2 is 2.15 bits per heavy atom. The van der Waals surface area contributed by atoms with Crippen LogP contribution in [0.2, 0.25) is 0 Å². The maximum absolute atomic E-state index is 4.67. The topological polar surface area (TPSA) is 58.0 Å². The van der Waals surface area contributed by atoms with Gasteiger partial charge in [0, 0.05) is 18.7 Å². The SMILES string of the molecule is C[C@@H]1CCNC[C@@H]1c1ncc2cnc3[nH]ccc3n12.Cl. The number of halogens is 1. The molecule has 0 bridgehead atoms. The van der Waals surface area contributed by atoms with Crippen LogP contribution in [-0.2, 0) is 0 Å². The van der Waals surface area contributed by atoms with Gasteiger partial charge >= 0.3 is 0 Å². The van der Waals surface area contributed by atoms with Crippen LogP contribution in [0.15, 0.2) is 24.7 Å². The van der Waals surface area contributed by atoms with Crippen molar-refractivity contribution in [3.8, 4) is 0 Å². The van der Waals surface area contributed by atoms with E-state index in [4.69, 9.17) is 0 Å². The third-order valence-electron chi connectivity index (χ3n) is 4.25. The summed E-state index contributed by atoms with van der Waals surface area (Å²) in [5.41, 5.74) is 3.10. The maximum Gasteiger partial charge on any atom is 0.154 e. The van der Waals surface area contributed by atoms with Crippen LogP contribution in [0, 0.1) is 5.92 Å². The highest BCUT2D eigenvalue weighted by atomic mass is 35.5. The second-order valence-electron chi connectivity index (χ2n) is 5.42. The molecule has 20 heavy (non-hydrogen) atoms. The first-order valence-electron chi connectivity index (χ1n) is 6.85. The van der Waals surface area contributed by atoms with Crippen molar-refractivity contribution in [3.63, 3.8) is 0 Å². The average Bonchev–Trinajstić information content (AvgIpc) is 3.04. The number of aromatic nitrogens is 4. The molecular weight excluding hydrogens is 274 g/mol. The van der Waals surface area contributed by atoms with Gasteiger partial charge in [0.05, 0.1) is 23.4 Å². The molecule has 0 aliphatic carbocycles. The van der Waals surface area contributed by atoms with E-state index in [0.717, 1.165) is 35.6 Å². The molecule has 1 aliphatic heterocycles. The van der Waals surface area contributed by atoms with Crippen LogP contribution >= 0.6 is 12.4 Å². The van der Waals surface area contributed by atoms with E-state index < -0.39 is 0 Å². The number of fused-ring (bicyclic) bond motifs is 3. The number of nitrogens with zero attached hydrogens (tertiary/aromatic N) is 3. The highest BCUT2D eigenvalue weighted by molar-refractivity contribution is 5.85. The van der Waals surface area contributed by atoms with Gasteiger partial charge in [-0.05, 0) is 24.9 Å². The van der Waals surface area contributed by atoms with E-state index >= 15 is 0 Å². The average molecular weight is 292 g/mol. The van der Waals surface area contributed by atoms with Crippen LogP contribution in [0.4, 0.5) is 0 Å². The van der Waals surface area contributed by atoms with Crippen LogP contribution in [0.25, 0.3) is 16.7 Å². The minimum absolute atomic E-state index is 0. The molecule has 5 nitrogen and oxygen atoms in total. The minimum atomic E-state index is 0. The summed E-state index contributed by atoms with van der Waals surface area (Å²) in [6, 6.07) is 2.07. The van der Waals surface area contributed by atoms with Gasteiger partial charge in [0.25, 0.3) is 0 Å². The van der Waals surface area contributed by atoms with E-state index in [1.54, 1.807) is 0 Å². The van der Waals surface area contributed by atoms with Gasteiger partial charge in [-0.25, -0.2) is 9.97 Å². The first-order chi connectivity index (χ1) is 9.34. The smallest absolute Gasteiger partial charge is 0.154 e. The van der Waals surface area contributed by atoms with Crippen LogP contribution < -0.4 is 5.32 Å². The van der Waals surface area contributed by atoms with Crippen LogP contribution in [0.3, 0.4) is 0 Å². The molecule has 4 rings (SSSR count). The molecule has 1 aliphatic rings. The van der Waals surface area contributed by atoms with E-state index in [1.807, 2.05) is 18.6 Å². The Bertz CT molecular complexity index is 731. The second kappa shape index (κ2) is 5.07. The zero-order chi connectivity index (χ0) is 12.8. The second-order valence-corrected chi connectivity index (χ2v) is 5.42. The van der Waals surface area contributed by atoms with Gasteiger partial charge in [0.1, 0.15) is 5.82 Å². The number of hydrogen-bond acceptors (Lipinski definition) is 3. The molecule has 2 atom stereocenters. The Balaban J connectivity index is 0.00000121. The summed E-state index contributed by atoms with van der Waals surface area (Å²) in [5, 5.41) is 3.48. The van der Waals surface area contributed by atoms with E-state index in [2.05, 4.69) is 37.7 Å². The van der Waals surface area contributed by atoms with E-state index in [1.165, 1.54) is 6.42 Å². The predicted octanol–water partition coefficient (Wildman–Crippen LogP) is 2.35. The summed E-state index contributed by atoms with van der Waals surface area (Å²) in [4.78, 5) is 12.3. The molecule has 0 saturated carbocycles. The van der Waals surface area contributed by atoms with Crippen molar-refractivity contribution in [1.29, 1.82) is 0 Å². The number of piperidine rings is 1. The van der Waals surface area contributed by atoms with Gasteiger partial charge < -0.3 is 10.3 Å². The van der Waals surface area contributed by atoms with E-state index in [9.17, 15) is 0 Å². The van der Waals surface area contributed by atoms with E-state index in [-0.39, 0.29) is 12.4 Å². The standard InChI is InChI=1S/C14H17N5.ClH/c1-9-2-4-15-8-11(9)14-18-7-10-6-17-13-12(19(10)14)3-5-16-13;/h3,5-7,9,11,15-16H,2,4,8H2,1H3;1H/t9-,11+;/m1./s1. The zero-order valence-corrected chi connectivity index (χ0v) is 12.2. The summed E-state index contributed by atoms with van der Waals surface area (Å²) in [6.45, 7) is 4.44. The molecule has 0 unspecified atom stereocenters. The molecule has 0 amide bonds. The van der Waals surface area contributed by atoms with Gasteiger partial charge in [-0.3, -0.25) is 4.40 Å². The normalized spacial score (nSPS) is 23.1. The van der Waals surface area contributed by atoms with Crippen molar-refractivity contribution in [2.24, 2.45) is 5.92 Å². The monoisotopic (exact) mass is 291 g/mol. The fourth-order valence-electron chi connectivity index (χ4n) is 3.10. The van der Waals surface area contributed by atoms with Gasteiger partial charge in [-0.1, -0.05) is 6.92 Å². The molecule has 0 aromatic carbocycles. The lowest BCUT2D eigenvalue weighted by Gasteiger charge is -2.28. The molecule has 0 spiro atoms. The Morgan fingerprint density at radius 3 is 3.00 bits per heavy atom. The molecule has 2 N–H and O–H groups in total. The zero-order valence-electron chi connectivity index (χ0n) is 11.3. The highest BCUT2D eigenvalue weighted by Gasteiger charge is 2.26. The maximum atomic E-state index is 4.67. The lowest BCUT2D eigenvalue weighted by Crippen LogP contribution is -2.34. The Hall–Kier alpha value is -1.59. The number of H-pyrrole nitrogens is 1. The van der Waals surface area contributed by atoms with E-state index in [0.29, 0.717) is 11.8 Å². The largest absolute Gasteiger partial charge is 0.345 e. The number of rotatable bonds is 1. The van der Waals surface area contributed by atoms with Gasteiger partial charge in [-0.2, -0.15) is 0 Å². The van der Waals surface area contributed by atoms with Crippen molar-refractivity contribution in [2.45, 2.75) is 19.3 Å². The molecule has 3 aromatic heterocycles. The summed E-state index contributed by atoms with van der Waals surface area (Å²) in [5.74, 6) is 2.28. The third-order valence-corrected chi connectivity index (χ3v) is 4.25. The molecule has 106 valence electrons. The predicted molar refractivity (Wildman–Crippen MR) is 81.5 cm³/mol. The van der Waals surface area contributed by atoms with Crippen LogP contribution in [-0.4, -0.2) is 32.4 Å². The molecule has 0 radical (unpaired) electrons. The third kappa shape index (κ3) is 1.89. The molecule has 6 heteroatoms. The molecule has 1 saturated heterocycles. The number of nitrogens with one attached hydrogen (secondary N) is 2. The van der Waals surface area contributed by atoms with Gasteiger partial charge in [0.2, 0.25) is 0 Å². The number of aromatic amines is 1. The first kappa shape index (κ1) is 13.4. The van der Waals surface area contributed by atoms with Crippen molar-refractivity contribution >= 4 is 29.1 Å². The fraction of sp³-hybridized carbons (Fsp3) is 0.429. The minimum Gasteiger partial charge on any atom is -0.345 e. The molecule has 3 aromatic rings. The summed E-state index contributed by atoms with van der Waals surface area (Å²) in [6.07, 6.45) is 6.96. The Labute approximate surface area is 123 Å². The number of imidazole rings is 1. The van der Waals surface area contributed by atoms with Gasteiger partial charge in [-0.15, -0.1) is 12.4 Å². The summed E-state index contributed by atoms with van der Waals surface area (Å²) >= 11 is 0. The number of hydrogen-bond donors (Lipinski definition) is 2. The van der Waals surface area contributed by atoms with Crippen molar-refractivity contribution in [3.05, 3.63) is 30.5 Å². The highest BCUT2D eigenvalue weighted by Crippen LogP contribution is 2.29. The summed E-state index contributed by atoms with van der Waals surface area (Å²) < 4.78 is 2.24. The summed E-state index contributed by atoms with van der Waals surface area (Å²) in [7, 11) is 0. The first-order valence-corrected chi connectivity index (χ1v) is 6.85. The van der Waals surface area contributed by atoms with Crippen molar-refractivity contribution in [1.82, 2.24) is 24.7 Å². The molecular formula is C14H18ClN5. The van der Waals surface area contributed by atoms with Crippen LogP contribution in [0.5, 0.6) is 0 Å². The molecule has 4 heterocycles. The van der Waals surface area contributed by atoms with Crippen LogP contribution in [0.1, 0.15) is 25.1 Å². The fourth-order valence-corrected chi connectivity index (χ4v) is 3.10. The van der Waals surface area contributed by atoms with Crippen molar-refractivity contribution in [2.75, 3.05) is 13.1 Å². The quantitative estimate of drug-likeness (QED) is 0.723. The van der Waals surface area contributed by atoms with Crippen molar-refractivity contribution < 1.29 is 0 Å².